The second-order valence-corrected chi connectivity index (χ2v) is 3.83. The molecule has 0 aromatic carbocycles. The second kappa shape index (κ2) is 4.55. The summed E-state index contributed by atoms with van der Waals surface area (Å²) in [5, 5.41) is 4.21. The first-order valence-corrected chi connectivity index (χ1v) is 5.25. The molecule has 4 nitrogen and oxygen atoms in total. The van der Waals surface area contributed by atoms with Gasteiger partial charge < -0.3 is 4.74 Å². The predicted molar refractivity (Wildman–Crippen MR) is 59.8 cm³/mol. The first-order valence-electron chi connectivity index (χ1n) is 4.45. The van der Waals surface area contributed by atoms with Gasteiger partial charge in [0, 0.05) is 19.5 Å². The van der Waals surface area contributed by atoms with Crippen molar-refractivity contribution in [3.05, 3.63) is 40.8 Å². The Balaban J connectivity index is 2.45. The van der Waals surface area contributed by atoms with Crippen molar-refractivity contribution >= 4 is 15.9 Å². The summed E-state index contributed by atoms with van der Waals surface area (Å²) >= 11 is 3.44. The van der Waals surface area contributed by atoms with E-state index in [1.165, 1.54) is 0 Å². The van der Waals surface area contributed by atoms with E-state index in [0.29, 0.717) is 6.61 Å². The van der Waals surface area contributed by atoms with Crippen LogP contribution in [0, 0.1) is 0 Å². The molecular weight excluding hydrogens is 258 g/mol. The maximum absolute atomic E-state index is 5.08. The van der Waals surface area contributed by atoms with Crippen LogP contribution in [-0.4, -0.2) is 21.9 Å². The standard InChI is InChI=1S/C10H10BrN3O/c1-15-7-8-4-6-13-14(8)10-9(11)3-2-5-12-10/h2-6H,7H2,1H3. The number of hydrogen-bond acceptors (Lipinski definition) is 3. The summed E-state index contributed by atoms with van der Waals surface area (Å²) in [5.41, 5.74) is 0.969. The first-order chi connectivity index (χ1) is 7.33. The highest BCUT2D eigenvalue weighted by molar-refractivity contribution is 9.10. The van der Waals surface area contributed by atoms with Crippen LogP contribution in [-0.2, 0) is 11.3 Å². The largest absolute Gasteiger partial charge is 0.378 e. The van der Waals surface area contributed by atoms with E-state index in [9.17, 15) is 0 Å². The molecule has 0 saturated heterocycles. The lowest BCUT2D eigenvalue weighted by Gasteiger charge is -2.06. The fraction of sp³-hybridized carbons (Fsp3) is 0.200. The van der Waals surface area contributed by atoms with Gasteiger partial charge >= 0.3 is 0 Å². The molecule has 15 heavy (non-hydrogen) atoms. The summed E-state index contributed by atoms with van der Waals surface area (Å²) in [7, 11) is 1.66. The van der Waals surface area contributed by atoms with E-state index in [-0.39, 0.29) is 0 Å². The van der Waals surface area contributed by atoms with Crippen molar-refractivity contribution in [3.8, 4) is 5.82 Å². The molecule has 0 radical (unpaired) electrons. The van der Waals surface area contributed by atoms with Gasteiger partial charge in [-0.1, -0.05) is 0 Å². The fourth-order valence-corrected chi connectivity index (χ4v) is 1.73. The molecule has 0 aliphatic heterocycles. The average Bonchev–Trinajstić information content (AvgIpc) is 2.67. The number of rotatable bonds is 3. The quantitative estimate of drug-likeness (QED) is 0.856. The fourth-order valence-electron chi connectivity index (χ4n) is 1.31. The van der Waals surface area contributed by atoms with E-state index in [2.05, 4.69) is 26.0 Å². The molecule has 0 fully saturated rings. The van der Waals surface area contributed by atoms with Crippen LogP contribution >= 0.6 is 15.9 Å². The average molecular weight is 268 g/mol. The van der Waals surface area contributed by atoms with Crippen LogP contribution in [0.25, 0.3) is 5.82 Å². The summed E-state index contributed by atoms with van der Waals surface area (Å²) in [6, 6.07) is 5.71. The minimum atomic E-state index is 0.517. The van der Waals surface area contributed by atoms with Crippen molar-refractivity contribution < 1.29 is 4.74 Å². The third-order valence-corrected chi connectivity index (χ3v) is 2.57. The maximum Gasteiger partial charge on any atom is 0.168 e. The molecule has 0 spiro atoms. The molecule has 2 aromatic heterocycles. The molecule has 78 valence electrons. The number of aromatic nitrogens is 3. The number of ether oxygens (including phenoxy) is 1. The molecule has 0 amide bonds. The number of halogens is 1. The van der Waals surface area contributed by atoms with Gasteiger partial charge in [0.2, 0.25) is 0 Å². The molecule has 2 heterocycles. The van der Waals surface area contributed by atoms with Gasteiger partial charge in [-0.25, -0.2) is 9.67 Å². The molecule has 5 heteroatoms. The lowest BCUT2D eigenvalue weighted by Crippen LogP contribution is -2.05. The van der Waals surface area contributed by atoms with Gasteiger partial charge in [0.1, 0.15) is 0 Å². The van der Waals surface area contributed by atoms with Gasteiger partial charge in [0.25, 0.3) is 0 Å². The van der Waals surface area contributed by atoms with Crippen molar-refractivity contribution in [2.24, 2.45) is 0 Å². The zero-order chi connectivity index (χ0) is 10.7. The van der Waals surface area contributed by atoms with Crippen molar-refractivity contribution in [1.29, 1.82) is 0 Å². The van der Waals surface area contributed by atoms with Gasteiger partial charge in [-0.2, -0.15) is 5.10 Å². The summed E-state index contributed by atoms with van der Waals surface area (Å²) in [6.07, 6.45) is 3.47. The maximum atomic E-state index is 5.08. The number of hydrogen-bond donors (Lipinski definition) is 0. The van der Waals surface area contributed by atoms with Crippen LogP contribution in [0.5, 0.6) is 0 Å². The molecular formula is C10H10BrN3O. The molecule has 0 saturated carbocycles. The van der Waals surface area contributed by atoms with Crippen LogP contribution in [0.2, 0.25) is 0 Å². The van der Waals surface area contributed by atoms with E-state index in [0.717, 1.165) is 16.0 Å². The lowest BCUT2D eigenvalue weighted by molar-refractivity contribution is 0.179. The third kappa shape index (κ3) is 2.08. The van der Waals surface area contributed by atoms with Gasteiger partial charge in [-0.3, -0.25) is 0 Å². The van der Waals surface area contributed by atoms with Crippen LogP contribution in [0.1, 0.15) is 5.69 Å². The van der Waals surface area contributed by atoms with E-state index in [4.69, 9.17) is 4.74 Å². The lowest BCUT2D eigenvalue weighted by atomic mass is 10.4. The van der Waals surface area contributed by atoms with Gasteiger partial charge in [0.15, 0.2) is 5.82 Å². The van der Waals surface area contributed by atoms with Crippen molar-refractivity contribution in [2.75, 3.05) is 7.11 Å². The third-order valence-electron chi connectivity index (χ3n) is 1.95. The summed E-state index contributed by atoms with van der Waals surface area (Å²) in [5.74, 6) is 0.773. The normalized spacial score (nSPS) is 10.5. The van der Waals surface area contributed by atoms with Crippen molar-refractivity contribution in [2.45, 2.75) is 6.61 Å². The number of pyridine rings is 1. The van der Waals surface area contributed by atoms with E-state index in [1.807, 2.05) is 18.2 Å². The number of nitrogens with zero attached hydrogens (tertiary/aromatic N) is 3. The van der Waals surface area contributed by atoms with E-state index >= 15 is 0 Å². The molecule has 2 aromatic rings. The molecule has 0 atom stereocenters. The van der Waals surface area contributed by atoms with Crippen molar-refractivity contribution in [3.63, 3.8) is 0 Å². The zero-order valence-corrected chi connectivity index (χ0v) is 9.81. The Morgan fingerprint density at radius 2 is 2.27 bits per heavy atom. The highest BCUT2D eigenvalue weighted by atomic mass is 79.9. The minimum Gasteiger partial charge on any atom is -0.378 e. The summed E-state index contributed by atoms with van der Waals surface area (Å²) < 4.78 is 7.75. The molecule has 0 aliphatic carbocycles. The van der Waals surface area contributed by atoms with Crippen molar-refractivity contribution in [1.82, 2.24) is 14.8 Å². The van der Waals surface area contributed by atoms with Gasteiger partial charge in [0.05, 0.1) is 16.8 Å². The monoisotopic (exact) mass is 267 g/mol. The van der Waals surface area contributed by atoms with Gasteiger partial charge in [-0.05, 0) is 34.1 Å². The van der Waals surface area contributed by atoms with Crippen LogP contribution in [0.4, 0.5) is 0 Å². The predicted octanol–water partition coefficient (Wildman–Crippen LogP) is 2.18. The Kier molecular flexibility index (Phi) is 3.13. The topological polar surface area (TPSA) is 39.9 Å². The summed E-state index contributed by atoms with van der Waals surface area (Å²) in [4.78, 5) is 4.26. The Labute approximate surface area is 96.0 Å². The van der Waals surface area contributed by atoms with Crippen LogP contribution in [0.3, 0.4) is 0 Å². The smallest absolute Gasteiger partial charge is 0.168 e. The Bertz CT molecular complexity index is 455. The Hall–Kier alpha value is -1.20. The molecule has 0 N–H and O–H groups in total. The molecule has 2 rings (SSSR count). The first kappa shape index (κ1) is 10.3. The minimum absolute atomic E-state index is 0.517. The highest BCUT2D eigenvalue weighted by Gasteiger charge is 2.08. The SMILES string of the molecule is COCc1ccnn1-c1ncccc1Br. The Morgan fingerprint density at radius 3 is 3.00 bits per heavy atom. The highest BCUT2D eigenvalue weighted by Crippen LogP contribution is 2.18. The second-order valence-electron chi connectivity index (χ2n) is 2.98. The number of methoxy groups -OCH3 is 1. The molecule has 0 bridgehead atoms. The van der Waals surface area contributed by atoms with E-state index < -0.39 is 0 Å². The molecule has 0 unspecified atom stereocenters. The van der Waals surface area contributed by atoms with Crippen LogP contribution in [0.15, 0.2) is 35.1 Å². The van der Waals surface area contributed by atoms with Crippen LogP contribution < -0.4 is 0 Å². The zero-order valence-electron chi connectivity index (χ0n) is 8.22. The summed E-state index contributed by atoms with van der Waals surface area (Å²) in [6.45, 7) is 0.517. The van der Waals surface area contributed by atoms with Gasteiger partial charge in [-0.15, -0.1) is 0 Å². The van der Waals surface area contributed by atoms with E-state index in [1.54, 1.807) is 24.2 Å². The Morgan fingerprint density at radius 1 is 1.40 bits per heavy atom. The molecule has 0 aliphatic rings.